The van der Waals surface area contributed by atoms with Crippen molar-refractivity contribution in [2.45, 2.75) is 55.9 Å². The van der Waals surface area contributed by atoms with E-state index in [4.69, 9.17) is 4.74 Å². The molecule has 0 aliphatic carbocycles. The summed E-state index contributed by atoms with van der Waals surface area (Å²) in [6.45, 7) is 2.28. The Hall–Kier alpha value is -3.90. The highest BCUT2D eigenvalue weighted by Gasteiger charge is 2.50. The van der Waals surface area contributed by atoms with Crippen LogP contribution >= 0.6 is 15.9 Å². The lowest BCUT2D eigenvalue weighted by Gasteiger charge is -2.52. The van der Waals surface area contributed by atoms with Gasteiger partial charge in [-0.15, -0.1) is 0 Å². The molecule has 4 atom stereocenters. The fourth-order valence-corrected chi connectivity index (χ4v) is 6.68. The first-order chi connectivity index (χ1) is 20.0. The first kappa shape index (κ1) is 28.6. The van der Waals surface area contributed by atoms with E-state index >= 15 is 0 Å². The third kappa shape index (κ3) is 7.25. The Morgan fingerprint density at radius 1 is 0.707 bits per heavy atom. The Balaban J connectivity index is 1.60. The van der Waals surface area contributed by atoms with E-state index in [1.54, 1.807) is 0 Å². The molecule has 0 aromatic heterocycles. The zero-order chi connectivity index (χ0) is 28.6. The van der Waals surface area contributed by atoms with Crippen LogP contribution in [0, 0.1) is 0 Å². The van der Waals surface area contributed by atoms with Gasteiger partial charge < -0.3 is 14.5 Å². The Morgan fingerprint density at radius 3 is 1.63 bits per heavy atom. The Morgan fingerprint density at radius 2 is 1.15 bits per heavy atom. The molecule has 41 heavy (non-hydrogen) atoms. The normalized spacial score (nSPS) is 19.6. The van der Waals surface area contributed by atoms with Crippen LogP contribution < -0.4 is 0 Å². The van der Waals surface area contributed by atoms with Crippen LogP contribution in [0.15, 0.2) is 121 Å². The highest BCUT2D eigenvalue weighted by atomic mass is 79.9. The molecular weight excluding hydrogens is 576 g/mol. The summed E-state index contributed by atoms with van der Waals surface area (Å²) in [5.41, 5.74) is 4.28. The molecule has 1 aliphatic heterocycles. The van der Waals surface area contributed by atoms with Crippen LogP contribution in [-0.2, 0) is 35.5 Å². The first-order valence-corrected chi connectivity index (χ1v) is 15.0. The van der Waals surface area contributed by atoms with E-state index in [9.17, 15) is 9.59 Å². The number of hydrogen-bond acceptors (Lipinski definition) is 3. The fraction of sp³-hybridized carbons (Fsp3) is 0.257. The van der Waals surface area contributed by atoms with Gasteiger partial charge in [0.1, 0.15) is 6.10 Å². The van der Waals surface area contributed by atoms with Crippen LogP contribution in [0.1, 0.15) is 29.2 Å². The van der Waals surface area contributed by atoms with Crippen molar-refractivity contribution in [3.05, 3.63) is 144 Å². The summed E-state index contributed by atoms with van der Waals surface area (Å²) in [6.07, 6.45) is 0.683. The second-order valence-electron chi connectivity index (χ2n) is 10.5. The minimum atomic E-state index is -0.564. The van der Waals surface area contributed by atoms with E-state index in [-0.39, 0.29) is 22.9 Å². The van der Waals surface area contributed by atoms with Gasteiger partial charge in [0, 0.05) is 24.8 Å². The van der Waals surface area contributed by atoms with Crippen molar-refractivity contribution in [1.82, 2.24) is 9.80 Å². The lowest BCUT2D eigenvalue weighted by atomic mass is 9.87. The maximum atomic E-state index is 14.6. The fourth-order valence-electron chi connectivity index (χ4n) is 5.72. The van der Waals surface area contributed by atoms with Crippen LogP contribution in [0.4, 0.5) is 4.79 Å². The predicted octanol–water partition coefficient (Wildman–Crippen LogP) is 7.04. The van der Waals surface area contributed by atoms with Gasteiger partial charge in [-0.05, 0) is 35.1 Å². The van der Waals surface area contributed by atoms with Crippen LogP contribution in [0.5, 0.6) is 0 Å². The molecule has 2 amide bonds. The van der Waals surface area contributed by atoms with Crippen LogP contribution in [0.3, 0.4) is 0 Å². The van der Waals surface area contributed by atoms with Gasteiger partial charge >= 0.3 is 12.0 Å². The summed E-state index contributed by atoms with van der Waals surface area (Å²) in [5, 5.41) is 0. The van der Waals surface area contributed by atoms with Crippen LogP contribution in [0.2, 0.25) is 0 Å². The molecule has 6 heteroatoms. The van der Waals surface area contributed by atoms with E-state index in [0.717, 1.165) is 22.3 Å². The molecule has 0 bridgehead atoms. The Bertz CT molecular complexity index is 1400. The Labute approximate surface area is 250 Å². The molecular formula is C35H35BrN2O3. The molecule has 1 fully saturated rings. The molecule has 5 rings (SSSR count). The molecule has 0 N–H and O–H groups in total. The second kappa shape index (κ2) is 13.6. The van der Waals surface area contributed by atoms with E-state index in [1.807, 2.05) is 107 Å². The molecule has 0 spiro atoms. The maximum Gasteiger partial charge on any atom is 0.321 e. The first-order valence-electron chi connectivity index (χ1n) is 14.0. The molecule has 1 heterocycles. The minimum Gasteiger partial charge on any atom is -0.458 e. The summed E-state index contributed by atoms with van der Waals surface area (Å²) < 4.78 is 6.23. The number of hydrogen-bond donors (Lipinski definition) is 0. The van der Waals surface area contributed by atoms with Gasteiger partial charge in [0.15, 0.2) is 0 Å². The van der Waals surface area contributed by atoms with Gasteiger partial charge in [0.25, 0.3) is 0 Å². The van der Waals surface area contributed by atoms with E-state index < -0.39 is 12.1 Å². The molecule has 5 nitrogen and oxygen atoms in total. The highest BCUT2D eigenvalue weighted by Crippen LogP contribution is 2.35. The van der Waals surface area contributed by atoms with Crippen molar-refractivity contribution in [2.24, 2.45) is 0 Å². The highest BCUT2D eigenvalue weighted by molar-refractivity contribution is 9.09. The second-order valence-corrected chi connectivity index (χ2v) is 11.7. The third-order valence-corrected chi connectivity index (χ3v) is 8.46. The molecule has 210 valence electrons. The summed E-state index contributed by atoms with van der Waals surface area (Å²) in [5.74, 6) is -0.355. The van der Waals surface area contributed by atoms with E-state index in [1.165, 1.54) is 6.92 Å². The molecule has 1 aliphatic rings. The van der Waals surface area contributed by atoms with Crippen molar-refractivity contribution >= 4 is 27.9 Å². The number of esters is 1. The topological polar surface area (TPSA) is 49.9 Å². The van der Waals surface area contributed by atoms with Gasteiger partial charge in [-0.3, -0.25) is 4.79 Å². The standard InChI is InChI=1S/C35H35BrN2O3/c1-26(39)41-34-32(23-28-16-8-3-9-17-28)37(24-29-18-10-4-11-19-29)35(40)38(25-30-20-12-5-13-21-30)33(34)31(36)22-27-14-6-2-7-15-27/h2-21,31-34H,22-25H2,1H3/t31-,32+,33+,34-/m0/s1. The maximum absolute atomic E-state index is 14.6. The summed E-state index contributed by atoms with van der Waals surface area (Å²) in [6, 6.07) is 39.5. The number of ether oxygens (including phenoxy) is 1. The predicted molar refractivity (Wildman–Crippen MR) is 166 cm³/mol. The van der Waals surface area contributed by atoms with Gasteiger partial charge in [-0.2, -0.15) is 0 Å². The van der Waals surface area contributed by atoms with E-state index in [2.05, 4.69) is 40.2 Å². The van der Waals surface area contributed by atoms with Crippen molar-refractivity contribution in [3.63, 3.8) is 0 Å². The molecule has 0 unspecified atom stereocenters. The van der Waals surface area contributed by atoms with Crippen molar-refractivity contribution in [2.75, 3.05) is 0 Å². The zero-order valence-electron chi connectivity index (χ0n) is 23.2. The lowest BCUT2D eigenvalue weighted by Crippen LogP contribution is -2.69. The molecule has 4 aromatic carbocycles. The summed E-state index contributed by atoms with van der Waals surface area (Å²) in [4.78, 5) is 31.0. The largest absolute Gasteiger partial charge is 0.458 e. The lowest BCUT2D eigenvalue weighted by molar-refractivity contribution is -0.157. The number of carbonyl (C=O) groups excluding carboxylic acids is 2. The van der Waals surface area contributed by atoms with Crippen LogP contribution in [0.25, 0.3) is 0 Å². The van der Waals surface area contributed by atoms with Crippen molar-refractivity contribution < 1.29 is 14.3 Å². The zero-order valence-corrected chi connectivity index (χ0v) is 24.8. The number of urea groups is 1. The smallest absolute Gasteiger partial charge is 0.321 e. The van der Waals surface area contributed by atoms with Gasteiger partial charge in [-0.1, -0.05) is 137 Å². The van der Waals surface area contributed by atoms with Crippen molar-refractivity contribution in [1.29, 1.82) is 0 Å². The van der Waals surface area contributed by atoms with E-state index in [0.29, 0.717) is 25.9 Å². The molecule has 0 saturated carbocycles. The quantitative estimate of drug-likeness (QED) is 0.143. The number of benzene rings is 4. The Kier molecular flexibility index (Phi) is 9.52. The molecule has 0 radical (unpaired) electrons. The summed E-state index contributed by atoms with van der Waals surface area (Å²) in [7, 11) is 0. The van der Waals surface area contributed by atoms with Gasteiger partial charge in [0.05, 0.1) is 12.1 Å². The average molecular weight is 612 g/mol. The molecule has 4 aromatic rings. The number of halogens is 1. The number of alkyl halides is 1. The number of carbonyl (C=O) groups is 2. The number of rotatable bonds is 10. The SMILES string of the molecule is CC(=O)O[C@@H]1[C@@H]([C@@H](Br)Cc2ccccc2)N(Cc2ccccc2)C(=O)N(Cc2ccccc2)[C@@H]1Cc1ccccc1. The number of amides is 2. The van der Waals surface area contributed by atoms with Crippen molar-refractivity contribution in [3.8, 4) is 0 Å². The third-order valence-electron chi connectivity index (χ3n) is 7.59. The minimum absolute atomic E-state index is 0.0652. The number of nitrogens with zero attached hydrogens (tertiary/aromatic N) is 2. The van der Waals surface area contributed by atoms with Crippen LogP contribution in [-0.4, -0.2) is 44.8 Å². The monoisotopic (exact) mass is 610 g/mol. The van der Waals surface area contributed by atoms with Gasteiger partial charge in [-0.25, -0.2) is 4.79 Å². The van der Waals surface area contributed by atoms with Gasteiger partial charge in [0.2, 0.25) is 0 Å². The molecule has 1 saturated heterocycles. The summed E-state index contributed by atoms with van der Waals surface area (Å²) >= 11 is 3.98. The average Bonchev–Trinajstić information content (AvgIpc) is 2.99.